The highest BCUT2D eigenvalue weighted by Gasteiger charge is 2.28. The van der Waals surface area contributed by atoms with Crippen LogP contribution in [0.3, 0.4) is 0 Å². The van der Waals surface area contributed by atoms with Crippen molar-refractivity contribution in [3.63, 3.8) is 0 Å². The van der Waals surface area contributed by atoms with Crippen molar-refractivity contribution in [3.05, 3.63) is 93.8 Å². The second kappa shape index (κ2) is 9.81. The Morgan fingerprint density at radius 3 is 2.64 bits per heavy atom. The highest BCUT2D eigenvalue weighted by Crippen LogP contribution is 2.26. The van der Waals surface area contributed by atoms with E-state index in [2.05, 4.69) is 13.7 Å². The van der Waals surface area contributed by atoms with Gasteiger partial charge in [0.2, 0.25) is 10.0 Å². The van der Waals surface area contributed by atoms with E-state index in [1.54, 1.807) is 37.4 Å². The van der Waals surface area contributed by atoms with Gasteiger partial charge in [-0.2, -0.15) is 13.1 Å². The Balaban J connectivity index is 1.57. The minimum atomic E-state index is -4.00. The Bertz CT molecular complexity index is 1730. The molecule has 0 saturated carbocycles. The molecule has 2 aromatic heterocycles. The molecule has 8 nitrogen and oxygen atoms in total. The number of H-pyrrole nitrogens is 1. The number of benzene rings is 3. The van der Waals surface area contributed by atoms with Crippen LogP contribution >= 0.6 is 11.7 Å². The Morgan fingerprint density at radius 2 is 1.83 bits per heavy atom. The van der Waals surface area contributed by atoms with Gasteiger partial charge in [0, 0.05) is 29.6 Å². The van der Waals surface area contributed by atoms with Gasteiger partial charge in [0.15, 0.2) is 0 Å². The van der Waals surface area contributed by atoms with Gasteiger partial charge >= 0.3 is 0 Å². The molecule has 184 valence electrons. The van der Waals surface area contributed by atoms with Crippen LogP contribution in [0.4, 0.5) is 0 Å². The van der Waals surface area contributed by atoms with Gasteiger partial charge < -0.3 is 9.72 Å². The maximum atomic E-state index is 14.0. The van der Waals surface area contributed by atoms with E-state index < -0.39 is 10.0 Å². The lowest BCUT2D eigenvalue weighted by atomic mass is 10.1. The number of sulfonamides is 1. The summed E-state index contributed by atoms with van der Waals surface area (Å²) >= 11 is 0.969. The number of aromatic nitrogens is 3. The molecule has 0 bridgehead atoms. The van der Waals surface area contributed by atoms with Crippen LogP contribution in [0.1, 0.15) is 16.7 Å². The van der Waals surface area contributed by atoms with Gasteiger partial charge in [0.05, 0.1) is 18.8 Å². The number of nitrogens with one attached hydrogen (secondary N) is 1. The van der Waals surface area contributed by atoms with Crippen molar-refractivity contribution in [1.29, 1.82) is 0 Å². The molecule has 0 unspecified atom stereocenters. The third kappa shape index (κ3) is 4.62. The third-order valence-electron chi connectivity index (χ3n) is 6.23. The fraction of sp³-hybridized carbons (Fsp3) is 0.192. The first kappa shape index (κ1) is 24.1. The van der Waals surface area contributed by atoms with Gasteiger partial charge in [-0.3, -0.25) is 4.79 Å². The summed E-state index contributed by atoms with van der Waals surface area (Å²) < 4.78 is 43.0. The number of hydrogen-bond acceptors (Lipinski definition) is 7. The maximum Gasteiger partial charge on any atom is 0.252 e. The zero-order valence-corrected chi connectivity index (χ0v) is 21.4. The van der Waals surface area contributed by atoms with Crippen molar-refractivity contribution in [1.82, 2.24) is 18.0 Å². The standard InChI is InChI=1S/C26H24N4O4S2/c1-17-6-3-4-7-18(17)12-13-30(36(32,33)24-9-5-8-23-25(24)29-35-28-23)16-20-14-19-15-21(34-2)10-11-22(19)27-26(20)31/h3-11,14-15H,12-13,16H2,1-2H3,(H,27,31). The second-order valence-electron chi connectivity index (χ2n) is 8.48. The molecule has 1 N–H and O–H groups in total. The molecule has 0 saturated heterocycles. The van der Waals surface area contributed by atoms with Gasteiger partial charge in [0.25, 0.3) is 5.56 Å². The Morgan fingerprint density at radius 1 is 1.00 bits per heavy atom. The van der Waals surface area contributed by atoms with Gasteiger partial charge in [-0.1, -0.05) is 30.3 Å². The molecule has 0 aliphatic carbocycles. The van der Waals surface area contributed by atoms with Gasteiger partial charge in [-0.25, -0.2) is 8.42 Å². The molecular formula is C26H24N4O4S2. The zero-order chi connectivity index (χ0) is 25.3. The highest BCUT2D eigenvalue weighted by atomic mass is 32.2. The van der Waals surface area contributed by atoms with Crippen molar-refractivity contribution < 1.29 is 13.2 Å². The number of aromatic amines is 1. The molecule has 0 aliphatic heterocycles. The average Bonchev–Trinajstić information content (AvgIpc) is 3.36. The number of methoxy groups -OCH3 is 1. The molecule has 5 aromatic rings. The van der Waals surface area contributed by atoms with E-state index in [9.17, 15) is 13.2 Å². The summed E-state index contributed by atoms with van der Waals surface area (Å²) in [5, 5.41) is 0.756. The van der Waals surface area contributed by atoms with Crippen LogP contribution in [-0.2, 0) is 23.0 Å². The number of pyridine rings is 1. The molecule has 0 atom stereocenters. The van der Waals surface area contributed by atoms with E-state index in [4.69, 9.17) is 4.74 Å². The van der Waals surface area contributed by atoms with E-state index in [-0.39, 0.29) is 23.5 Å². The van der Waals surface area contributed by atoms with Crippen molar-refractivity contribution in [2.75, 3.05) is 13.7 Å². The largest absolute Gasteiger partial charge is 0.497 e. The lowest BCUT2D eigenvalue weighted by Gasteiger charge is -2.23. The monoisotopic (exact) mass is 520 g/mol. The lowest BCUT2D eigenvalue weighted by molar-refractivity contribution is 0.408. The normalized spacial score (nSPS) is 12.0. The predicted molar refractivity (Wildman–Crippen MR) is 141 cm³/mol. The predicted octanol–water partition coefficient (Wildman–Crippen LogP) is 4.28. The van der Waals surface area contributed by atoms with E-state index in [1.807, 2.05) is 37.3 Å². The van der Waals surface area contributed by atoms with Crippen molar-refractivity contribution in [2.24, 2.45) is 0 Å². The summed E-state index contributed by atoms with van der Waals surface area (Å²) in [6.45, 7) is 2.10. The van der Waals surface area contributed by atoms with Gasteiger partial charge in [-0.15, -0.1) is 0 Å². The minimum absolute atomic E-state index is 0.0809. The first-order valence-corrected chi connectivity index (χ1v) is 13.5. The van der Waals surface area contributed by atoms with Crippen LogP contribution in [0.25, 0.3) is 21.9 Å². The molecule has 5 rings (SSSR count). The third-order valence-corrected chi connectivity index (χ3v) is 8.65. The highest BCUT2D eigenvalue weighted by molar-refractivity contribution is 7.89. The zero-order valence-electron chi connectivity index (χ0n) is 19.8. The second-order valence-corrected chi connectivity index (χ2v) is 10.9. The Labute approximate surface area is 212 Å². The van der Waals surface area contributed by atoms with Crippen LogP contribution in [0.5, 0.6) is 5.75 Å². The summed E-state index contributed by atoms with van der Waals surface area (Å²) in [6, 6.07) is 19.9. The summed E-state index contributed by atoms with van der Waals surface area (Å²) in [7, 11) is -2.43. The Kier molecular flexibility index (Phi) is 6.57. The first-order valence-electron chi connectivity index (χ1n) is 11.3. The summed E-state index contributed by atoms with van der Waals surface area (Å²) in [5.74, 6) is 0.646. The molecule has 36 heavy (non-hydrogen) atoms. The van der Waals surface area contributed by atoms with Crippen molar-refractivity contribution in [2.45, 2.75) is 24.8 Å². The number of aryl methyl sites for hydroxylation is 1. The van der Waals surface area contributed by atoms with Crippen LogP contribution < -0.4 is 10.3 Å². The van der Waals surface area contributed by atoms with Gasteiger partial charge in [-0.05, 0) is 60.9 Å². The molecule has 0 aliphatic rings. The number of rotatable bonds is 8. The average molecular weight is 521 g/mol. The molecular weight excluding hydrogens is 496 g/mol. The molecule has 0 fully saturated rings. The lowest BCUT2D eigenvalue weighted by Crippen LogP contribution is -2.34. The van der Waals surface area contributed by atoms with E-state index in [1.165, 1.54) is 10.4 Å². The first-order chi connectivity index (χ1) is 17.4. The number of hydrogen-bond donors (Lipinski definition) is 1. The van der Waals surface area contributed by atoms with Crippen LogP contribution in [0, 0.1) is 6.92 Å². The smallest absolute Gasteiger partial charge is 0.252 e. The van der Waals surface area contributed by atoms with Crippen molar-refractivity contribution in [3.8, 4) is 5.75 Å². The van der Waals surface area contributed by atoms with Crippen LogP contribution in [0.2, 0.25) is 0 Å². The number of ether oxygens (including phenoxy) is 1. The quantitative estimate of drug-likeness (QED) is 0.327. The summed E-state index contributed by atoms with van der Waals surface area (Å²) in [5.41, 5.74) is 3.64. The SMILES string of the molecule is COc1ccc2[nH]c(=O)c(CN(CCc3ccccc3C)S(=O)(=O)c3cccc4nsnc34)cc2c1. The molecule has 0 radical (unpaired) electrons. The maximum absolute atomic E-state index is 14.0. The number of nitrogens with zero attached hydrogens (tertiary/aromatic N) is 3. The van der Waals surface area contributed by atoms with Crippen LogP contribution in [0.15, 0.2) is 76.4 Å². The molecule has 0 amide bonds. The van der Waals surface area contributed by atoms with Crippen LogP contribution in [-0.4, -0.2) is 40.1 Å². The molecule has 10 heteroatoms. The molecule has 0 spiro atoms. The fourth-order valence-electron chi connectivity index (χ4n) is 4.21. The Hall–Kier alpha value is -3.60. The van der Waals surface area contributed by atoms with E-state index >= 15 is 0 Å². The van der Waals surface area contributed by atoms with E-state index in [0.717, 1.165) is 28.2 Å². The summed E-state index contributed by atoms with van der Waals surface area (Å²) in [6.07, 6.45) is 0.497. The van der Waals surface area contributed by atoms with Crippen molar-refractivity contribution >= 4 is 43.7 Å². The fourth-order valence-corrected chi connectivity index (χ4v) is 6.38. The molecule has 3 aromatic carbocycles. The number of fused-ring (bicyclic) bond motifs is 2. The molecule has 2 heterocycles. The topological polar surface area (TPSA) is 105 Å². The summed E-state index contributed by atoms with van der Waals surface area (Å²) in [4.78, 5) is 15.9. The minimum Gasteiger partial charge on any atom is -0.497 e. The van der Waals surface area contributed by atoms with Gasteiger partial charge in [0.1, 0.15) is 21.7 Å². The van der Waals surface area contributed by atoms with E-state index in [0.29, 0.717) is 34.3 Å².